The van der Waals surface area contributed by atoms with Gasteiger partial charge in [0.15, 0.2) is 0 Å². The van der Waals surface area contributed by atoms with Gasteiger partial charge in [-0.25, -0.2) is 0 Å². The number of fused-ring (bicyclic) bond motifs is 1. The summed E-state index contributed by atoms with van der Waals surface area (Å²) in [5.41, 5.74) is 6.07. The van der Waals surface area contributed by atoms with E-state index in [4.69, 9.17) is 4.84 Å². The maximum atomic E-state index is 5.34. The van der Waals surface area contributed by atoms with Crippen molar-refractivity contribution in [2.45, 2.75) is 38.6 Å². The number of hydrogen-bond acceptors (Lipinski definition) is 2. The summed E-state index contributed by atoms with van der Waals surface area (Å²) >= 11 is 0. The molecule has 1 aromatic carbocycles. The van der Waals surface area contributed by atoms with Gasteiger partial charge in [-0.1, -0.05) is 30.7 Å². The molecule has 0 heterocycles. The molecule has 1 unspecified atom stereocenters. The van der Waals surface area contributed by atoms with E-state index in [0.29, 0.717) is 6.04 Å². The van der Waals surface area contributed by atoms with Crippen molar-refractivity contribution in [1.82, 2.24) is 5.48 Å². The summed E-state index contributed by atoms with van der Waals surface area (Å²) in [6, 6.07) is 9.08. The van der Waals surface area contributed by atoms with Crippen molar-refractivity contribution in [2.75, 3.05) is 6.61 Å². The van der Waals surface area contributed by atoms with Gasteiger partial charge in [-0.2, -0.15) is 5.48 Å². The van der Waals surface area contributed by atoms with Crippen molar-refractivity contribution in [3.8, 4) is 0 Å². The van der Waals surface area contributed by atoms with E-state index in [9.17, 15) is 0 Å². The molecular formula is C13H19NO. The molecule has 0 aromatic heterocycles. The Bertz CT molecular complexity index is 311. The van der Waals surface area contributed by atoms with Gasteiger partial charge in [-0.05, 0) is 37.3 Å². The summed E-state index contributed by atoms with van der Waals surface area (Å²) in [5.74, 6) is 0. The van der Waals surface area contributed by atoms with Crippen LogP contribution in [0.4, 0.5) is 0 Å². The van der Waals surface area contributed by atoms with Crippen molar-refractivity contribution < 1.29 is 4.84 Å². The van der Waals surface area contributed by atoms with Crippen molar-refractivity contribution in [1.29, 1.82) is 0 Å². The lowest BCUT2D eigenvalue weighted by atomic mass is 10.00. The number of nitrogens with one attached hydrogen (secondary N) is 1. The first-order valence-corrected chi connectivity index (χ1v) is 5.87. The van der Waals surface area contributed by atoms with Gasteiger partial charge in [0.25, 0.3) is 0 Å². The molecule has 1 aliphatic carbocycles. The van der Waals surface area contributed by atoms with Gasteiger partial charge >= 0.3 is 0 Å². The van der Waals surface area contributed by atoms with E-state index in [1.165, 1.54) is 36.8 Å². The Hall–Kier alpha value is -0.860. The largest absolute Gasteiger partial charge is 0.302 e. The Morgan fingerprint density at radius 2 is 2.20 bits per heavy atom. The zero-order valence-corrected chi connectivity index (χ0v) is 9.33. The molecular weight excluding hydrogens is 186 g/mol. The number of rotatable bonds is 3. The third-order valence-corrected chi connectivity index (χ3v) is 2.99. The maximum Gasteiger partial charge on any atom is 0.0654 e. The van der Waals surface area contributed by atoms with Crippen LogP contribution in [0.3, 0.4) is 0 Å². The van der Waals surface area contributed by atoms with Crippen LogP contribution >= 0.6 is 0 Å². The number of benzene rings is 1. The first-order valence-electron chi connectivity index (χ1n) is 5.87. The normalized spacial score (nSPS) is 20.7. The Morgan fingerprint density at radius 3 is 3.07 bits per heavy atom. The first kappa shape index (κ1) is 10.7. The molecule has 1 atom stereocenters. The molecule has 0 amide bonds. The minimum Gasteiger partial charge on any atom is -0.302 e. The second-order valence-electron chi connectivity index (χ2n) is 4.05. The lowest BCUT2D eigenvalue weighted by molar-refractivity contribution is 0.0217. The summed E-state index contributed by atoms with van der Waals surface area (Å²) in [4.78, 5) is 5.34. The molecule has 0 saturated heterocycles. The highest BCUT2D eigenvalue weighted by atomic mass is 16.6. The fraction of sp³-hybridized carbons (Fsp3) is 0.538. The average molecular weight is 205 g/mol. The molecule has 2 rings (SSSR count). The summed E-state index contributed by atoms with van der Waals surface area (Å²) in [6.07, 6.45) is 4.96. The van der Waals surface area contributed by atoms with Gasteiger partial charge in [0.2, 0.25) is 0 Å². The van der Waals surface area contributed by atoms with Gasteiger partial charge in [-0.3, -0.25) is 0 Å². The predicted molar refractivity (Wildman–Crippen MR) is 61.5 cm³/mol. The molecule has 1 aliphatic rings. The highest BCUT2D eigenvalue weighted by Gasteiger charge is 2.17. The molecule has 0 radical (unpaired) electrons. The molecule has 2 nitrogen and oxygen atoms in total. The zero-order chi connectivity index (χ0) is 10.5. The molecule has 0 spiro atoms. The monoisotopic (exact) mass is 205 g/mol. The van der Waals surface area contributed by atoms with Gasteiger partial charge in [-0.15, -0.1) is 0 Å². The summed E-state index contributed by atoms with van der Waals surface area (Å²) < 4.78 is 0. The van der Waals surface area contributed by atoms with E-state index in [0.717, 1.165) is 6.61 Å². The second-order valence-corrected chi connectivity index (χ2v) is 4.05. The van der Waals surface area contributed by atoms with Crippen molar-refractivity contribution in [3.63, 3.8) is 0 Å². The van der Waals surface area contributed by atoms with Gasteiger partial charge in [0.1, 0.15) is 0 Å². The lowest BCUT2D eigenvalue weighted by Gasteiger charge is -2.18. The zero-order valence-electron chi connectivity index (χ0n) is 9.33. The second kappa shape index (κ2) is 5.29. The summed E-state index contributed by atoms with van der Waals surface area (Å²) in [7, 11) is 0. The third-order valence-electron chi connectivity index (χ3n) is 2.99. The quantitative estimate of drug-likeness (QED) is 0.605. The fourth-order valence-corrected chi connectivity index (χ4v) is 2.23. The lowest BCUT2D eigenvalue weighted by Crippen LogP contribution is -2.21. The topological polar surface area (TPSA) is 21.3 Å². The smallest absolute Gasteiger partial charge is 0.0654 e. The van der Waals surface area contributed by atoms with Crippen LogP contribution in [0.2, 0.25) is 0 Å². The highest BCUT2D eigenvalue weighted by Crippen LogP contribution is 2.28. The van der Waals surface area contributed by atoms with Crippen LogP contribution in [0.15, 0.2) is 24.3 Å². The van der Waals surface area contributed by atoms with E-state index < -0.39 is 0 Å². The van der Waals surface area contributed by atoms with Crippen LogP contribution in [0.1, 0.15) is 43.4 Å². The molecule has 1 aromatic rings. The van der Waals surface area contributed by atoms with Crippen molar-refractivity contribution >= 4 is 0 Å². The molecule has 82 valence electrons. The standard InChI is InChI=1S/C13H19NO/c1-2-15-14-13-10-6-4-8-11-7-3-5-9-12(11)13/h3,5,7,9,13-14H,2,4,6,8,10H2,1H3. The minimum atomic E-state index is 0.378. The molecule has 1 N–H and O–H groups in total. The van der Waals surface area contributed by atoms with Crippen LogP contribution in [-0.2, 0) is 11.3 Å². The average Bonchev–Trinajstić information content (AvgIpc) is 2.49. The Kier molecular flexibility index (Phi) is 3.75. The SMILES string of the molecule is CCONC1CCCCc2ccccc21. The van der Waals surface area contributed by atoms with Crippen molar-refractivity contribution in [3.05, 3.63) is 35.4 Å². The maximum absolute atomic E-state index is 5.34. The van der Waals surface area contributed by atoms with Crippen LogP contribution in [0.25, 0.3) is 0 Å². The van der Waals surface area contributed by atoms with Gasteiger partial charge < -0.3 is 4.84 Å². The predicted octanol–water partition coefficient (Wildman–Crippen LogP) is 3.00. The van der Waals surface area contributed by atoms with Crippen LogP contribution in [-0.4, -0.2) is 6.61 Å². The fourth-order valence-electron chi connectivity index (χ4n) is 2.23. The number of aryl methyl sites for hydroxylation is 1. The summed E-state index contributed by atoms with van der Waals surface area (Å²) in [6.45, 7) is 2.73. The minimum absolute atomic E-state index is 0.378. The van der Waals surface area contributed by atoms with E-state index >= 15 is 0 Å². The van der Waals surface area contributed by atoms with Crippen LogP contribution < -0.4 is 5.48 Å². The number of hydroxylamine groups is 1. The highest BCUT2D eigenvalue weighted by molar-refractivity contribution is 5.30. The van der Waals surface area contributed by atoms with Gasteiger partial charge in [0.05, 0.1) is 12.6 Å². The molecule has 0 saturated carbocycles. The van der Waals surface area contributed by atoms with Crippen molar-refractivity contribution in [2.24, 2.45) is 0 Å². The molecule has 0 bridgehead atoms. The van der Waals surface area contributed by atoms with Crippen LogP contribution in [0, 0.1) is 0 Å². The molecule has 15 heavy (non-hydrogen) atoms. The first-order chi connectivity index (χ1) is 7.42. The third kappa shape index (κ3) is 2.58. The van der Waals surface area contributed by atoms with E-state index in [-0.39, 0.29) is 0 Å². The molecule has 0 fully saturated rings. The van der Waals surface area contributed by atoms with Crippen LogP contribution in [0.5, 0.6) is 0 Å². The van der Waals surface area contributed by atoms with E-state index in [1.807, 2.05) is 6.92 Å². The van der Waals surface area contributed by atoms with Gasteiger partial charge in [0, 0.05) is 0 Å². The molecule has 2 heteroatoms. The summed E-state index contributed by atoms with van der Waals surface area (Å²) in [5, 5.41) is 0. The Morgan fingerprint density at radius 1 is 1.33 bits per heavy atom. The van der Waals surface area contributed by atoms with E-state index in [1.54, 1.807) is 0 Å². The Labute approximate surface area is 91.6 Å². The number of hydrogen-bond donors (Lipinski definition) is 1. The molecule has 0 aliphatic heterocycles. The van der Waals surface area contributed by atoms with E-state index in [2.05, 4.69) is 29.7 Å². The Balaban J connectivity index is 2.17.